The highest BCUT2D eigenvalue weighted by Gasteiger charge is 2.24. The summed E-state index contributed by atoms with van der Waals surface area (Å²) in [6, 6.07) is 0. The molecule has 0 radical (unpaired) electrons. The number of ketones is 2. The molecule has 1 saturated carbocycles. The van der Waals surface area contributed by atoms with Crippen LogP contribution in [0.3, 0.4) is 0 Å². The molecule has 152 valence electrons. The molecule has 2 aliphatic rings. The molecule has 0 aliphatic heterocycles. The van der Waals surface area contributed by atoms with Crippen molar-refractivity contribution in [3.05, 3.63) is 22.8 Å². The summed E-state index contributed by atoms with van der Waals surface area (Å²) in [5, 5.41) is 11.4. The van der Waals surface area contributed by atoms with E-state index in [1.165, 1.54) is 62.8 Å². The standard InChI is InChI=1S/C14H17NO4S.C6H15N/c16-11-7-13(20-9-4-2-1-3-5-9)12(17)6-10(11)15-8-14(18)19;1-4-7(5-2)6-3/h6-7,9,15H,1-5,8H2,(H,18,19);4-6H2,1-3H3. The molecule has 0 saturated heterocycles. The van der Waals surface area contributed by atoms with Gasteiger partial charge in [-0.25, -0.2) is 0 Å². The van der Waals surface area contributed by atoms with Crippen LogP contribution in [0.25, 0.3) is 0 Å². The summed E-state index contributed by atoms with van der Waals surface area (Å²) >= 11 is 1.48. The van der Waals surface area contributed by atoms with Gasteiger partial charge in [0, 0.05) is 17.4 Å². The summed E-state index contributed by atoms with van der Waals surface area (Å²) in [7, 11) is 0. The minimum Gasteiger partial charge on any atom is -0.480 e. The molecule has 7 heteroatoms. The van der Waals surface area contributed by atoms with E-state index in [0.717, 1.165) is 12.8 Å². The van der Waals surface area contributed by atoms with Gasteiger partial charge in [0.15, 0.2) is 5.78 Å². The first-order chi connectivity index (χ1) is 12.9. The zero-order valence-electron chi connectivity index (χ0n) is 16.6. The van der Waals surface area contributed by atoms with E-state index in [4.69, 9.17) is 5.11 Å². The Labute approximate surface area is 166 Å². The van der Waals surface area contributed by atoms with Crippen LogP contribution < -0.4 is 5.32 Å². The molecule has 2 rings (SSSR count). The fraction of sp³-hybridized carbons (Fsp3) is 0.650. The minimum absolute atomic E-state index is 0.0606. The van der Waals surface area contributed by atoms with Crippen molar-refractivity contribution in [2.75, 3.05) is 26.2 Å². The van der Waals surface area contributed by atoms with E-state index in [2.05, 4.69) is 31.0 Å². The molecule has 0 bridgehead atoms. The lowest BCUT2D eigenvalue weighted by atomic mass is 10.0. The van der Waals surface area contributed by atoms with Gasteiger partial charge in [-0.15, -0.1) is 11.8 Å². The summed E-state index contributed by atoms with van der Waals surface area (Å²) in [5.74, 6) is -1.62. The van der Waals surface area contributed by atoms with Crippen molar-refractivity contribution in [2.24, 2.45) is 0 Å². The largest absolute Gasteiger partial charge is 0.480 e. The van der Waals surface area contributed by atoms with E-state index < -0.39 is 5.97 Å². The van der Waals surface area contributed by atoms with Crippen molar-refractivity contribution in [2.45, 2.75) is 58.1 Å². The van der Waals surface area contributed by atoms with Gasteiger partial charge in [0.25, 0.3) is 0 Å². The van der Waals surface area contributed by atoms with E-state index in [1.807, 2.05) is 0 Å². The monoisotopic (exact) mass is 396 g/mol. The Morgan fingerprint density at radius 1 is 1.07 bits per heavy atom. The smallest absolute Gasteiger partial charge is 0.322 e. The second kappa shape index (κ2) is 12.7. The van der Waals surface area contributed by atoms with Gasteiger partial charge in [0.1, 0.15) is 6.54 Å². The number of carbonyl (C=O) groups is 3. The van der Waals surface area contributed by atoms with Gasteiger partial charge in [-0.1, -0.05) is 40.0 Å². The molecule has 27 heavy (non-hydrogen) atoms. The van der Waals surface area contributed by atoms with Crippen LogP contribution in [0.1, 0.15) is 52.9 Å². The predicted octanol–water partition coefficient (Wildman–Crippen LogP) is 2.99. The number of nitrogens with one attached hydrogen (secondary N) is 1. The summed E-state index contributed by atoms with van der Waals surface area (Å²) in [4.78, 5) is 37.1. The van der Waals surface area contributed by atoms with Gasteiger partial charge >= 0.3 is 5.97 Å². The topological polar surface area (TPSA) is 86.7 Å². The third-order valence-electron chi connectivity index (χ3n) is 4.66. The number of nitrogens with zero attached hydrogens (tertiary/aromatic N) is 1. The Bertz CT molecular complexity index is 571. The molecule has 0 spiro atoms. The highest BCUT2D eigenvalue weighted by molar-refractivity contribution is 8.04. The van der Waals surface area contributed by atoms with Crippen molar-refractivity contribution in [1.29, 1.82) is 0 Å². The van der Waals surface area contributed by atoms with Gasteiger partial charge in [-0.3, -0.25) is 14.4 Å². The van der Waals surface area contributed by atoms with E-state index in [9.17, 15) is 14.4 Å². The first-order valence-electron chi connectivity index (χ1n) is 9.77. The maximum absolute atomic E-state index is 12.0. The molecule has 0 aromatic rings. The average Bonchev–Trinajstić information content (AvgIpc) is 2.66. The molecule has 6 nitrogen and oxygen atoms in total. The third kappa shape index (κ3) is 8.75. The Hall–Kier alpha value is -1.60. The lowest BCUT2D eigenvalue weighted by Crippen LogP contribution is -2.28. The molecule has 0 heterocycles. The number of carbonyl (C=O) groups excluding carboxylic acids is 2. The number of rotatable bonds is 8. The molecular weight excluding hydrogens is 364 g/mol. The van der Waals surface area contributed by atoms with Gasteiger partial charge in [-0.2, -0.15) is 0 Å². The molecule has 2 N–H and O–H groups in total. The van der Waals surface area contributed by atoms with Crippen LogP contribution >= 0.6 is 11.8 Å². The van der Waals surface area contributed by atoms with Crippen molar-refractivity contribution in [3.8, 4) is 0 Å². The van der Waals surface area contributed by atoms with Crippen molar-refractivity contribution in [3.63, 3.8) is 0 Å². The molecular formula is C20H32N2O4S. The fourth-order valence-electron chi connectivity index (χ4n) is 2.98. The second-order valence-electron chi connectivity index (χ2n) is 6.54. The van der Waals surface area contributed by atoms with Crippen LogP contribution in [0.2, 0.25) is 0 Å². The minimum atomic E-state index is -1.07. The summed E-state index contributed by atoms with van der Waals surface area (Å²) in [5.41, 5.74) is 0.0606. The third-order valence-corrected chi connectivity index (χ3v) is 6.04. The Kier molecular flexibility index (Phi) is 11.0. The second-order valence-corrected chi connectivity index (χ2v) is 7.88. The van der Waals surface area contributed by atoms with Crippen molar-refractivity contribution < 1.29 is 19.5 Å². The van der Waals surface area contributed by atoms with Crippen LogP contribution in [0, 0.1) is 0 Å². The van der Waals surface area contributed by atoms with Crippen LogP contribution in [0.5, 0.6) is 0 Å². The van der Waals surface area contributed by atoms with E-state index in [-0.39, 0.29) is 23.8 Å². The normalized spacial score (nSPS) is 17.8. The molecule has 1 fully saturated rings. The molecule has 0 unspecified atom stereocenters. The summed E-state index contributed by atoms with van der Waals surface area (Å²) in [6.45, 7) is 9.75. The SMILES string of the molecule is CCN(CC)CC.O=C(O)CNC1=CC(=O)C(SC2CCCCC2)=CC1=O. The number of hydrogen-bond donors (Lipinski definition) is 2. The number of aliphatic carboxylic acids is 1. The van der Waals surface area contributed by atoms with Gasteiger partial charge in [0.05, 0.1) is 10.6 Å². The maximum Gasteiger partial charge on any atom is 0.322 e. The summed E-state index contributed by atoms with van der Waals surface area (Å²) < 4.78 is 0. The molecule has 0 atom stereocenters. The van der Waals surface area contributed by atoms with Gasteiger partial charge in [-0.05, 0) is 32.5 Å². The Morgan fingerprint density at radius 2 is 1.67 bits per heavy atom. The first kappa shape index (κ1) is 23.4. The average molecular weight is 397 g/mol. The van der Waals surface area contributed by atoms with E-state index in [1.54, 1.807) is 0 Å². The zero-order valence-corrected chi connectivity index (χ0v) is 17.4. The molecule has 0 aromatic heterocycles. The highest BCUT2D eigenvalue weighted by Crippen LogP contribution is 2.34. The van der Waals surface area contributed by atoms with Crippen molar-refractivity contribution >= 4 is 29.3 Å². The number of allylic oxidation sites excluding steroid dienone is 3. The number of carboxylic acid groups (broad SMARTS) is 1. The van der Waals surface area contributed by atoms with Gasteiger partial charge < -0.3 is 15.3 Å². The predicted molar refractivity (Wildman–Crippen MR) is 110 cm³/mol. The van der Waals surface area contributed by atoms with E-state index >= 15 is 0 Å². The van der Waals surface area contributed by atoms with Crippen molar-refractivity contribution in [1.82, 2.24) is 10.2 Å². The van der Waals surface area contributed by atoms with Crippen LogP contribution in [0.4, 0.5) is 0 Å². The molecule has 2 aliphatic carbocycles. The number of hydrogen-bond acceptors (Lipinski definition) is 6. The quantitative estimate of drug-likeness (QED) is 0.610. The molecule has 0 amide bonds. The Balaban J connectivity index is 0.000000445. The molecule has 0 aromatic carbocycles. The van der Waals surface area contributed by atoms with Gasteiger partial charge in [0.2, 0.25) is 5.78 Å². The lowest BCUT2D eigenvalue weighted by molar-refractivity contribution is -0.135. The van der Waals surface area contributed by atoms with Crippen LogP contribution in [-0.4, -0.2) is 59.0 Å². The maximum atomic E-state index is 12.0. The first-order valence-corrected chi connectivity index (χ1v) is 10.7. The Morgan fingerprint density at radius 3 is 2.15 bits per heavy atom. The number of carboxylic acids is 1. The lowest BCUT2D eigenvalue weighted by Gasteiger charge is -2.22. The number of thioether (sulfide) groups is 1. The highest BCUT2D eigenvalue weighted by atomic mass is 32.2. The fourth-order valence-corrected chi connectivity index (χ4v) is 4.25. The summed E-state index contributed by atoms with van der Waals surface area (Å²) in [6.07, 6.45) is 8.28. The van der Waals surface area contributed by atoms with E-state index in [0.29, 0.717) is 10.2 Å². The van der Waals surface area contributed by atoms with Crippen LogP contribution in [-0.2, 0) is 14.4 Å². The zero-order chi connectivity index (χ0) is 20.2. The van der Waals surface area contributed by atoms with Crippen LogP contribution in [0.15, 0.2) is 22.8 Å².